The van der Waals surface area contributed by atoms with Crippen LogP contribution in [0.4, 0.5) is 10.1 Å². The SMILES string of the molecule is N#Cc1ccc([C@@H](CO)N2CCN(c3ccc(OCCO)cc3Cl)[C@H](c3ccc(F)cc3)C2)cc1. The van der Waals surface area contributed by atoms with E-state index in [1.807, 2.05) is 24.3 Å². The molecular formula is C27H27ClFN3O3. The zero-order chi connectivity index (χ0) is 24.8. The quantitative estimate of drug-likeness (QED) is 0.484. The number of aliphatic hydroxyl groups is 2. The van der Waals surface area contributed by atoms with E-state index >= 15 is 0 Å². The minimum Gasteiger partial charge on any atom is -0.491 e. The predicted octanol–water partition coefficient (Wildman–Crippen LogP) is 4.32. The lowest BCUT2D eigenvalue weighted by Gasteiger charge is -2.46. The van der Waals surface area contributed by atoms with Gasteiger partial charge in [-0.2, -0.15) is 5.26 Å². The van der Waals surface area contributed by atoms with Gasteiger partial charge in [-0.15, -0.1) is 0 Å². The van der Waals surface area contributed by atoms with E-state index < -0.39 is 0 Å². The summed E-state index contributed by atoms with van der Waals surface area (Å²) in [5.41, 5.74) is 3.27. The van der Waals surface area contributed by atoms with Gasteiger partial charge < -0.3 is 19.8 Å². The molecule has 0 aliphatic carbocycles. The molecule has 3 aromatic rings. The molecule has 0 saturated carbocycles. The van der Waals surface area contributed by atoms with E-state index in [1.165, 1.54) is 12.1 Å². The molecule has 8 heteroatoms. The second kappa shape index (κ2) is 11.5. The summed E-state index contributed by atoms with van der Waals surface area (Å²) >= 11 is 6.65. The smallest absolute Gasteiger partial charge is 0.123 e. The maximum Gasteiger partial charge on any atom is 0.123 e. The first-order valence-corrected chi connectivity index (χ1v) is 11.8. The van der Waals surface area contributed by atoms with Crippen molar-refractivity contribution in [2.45, 2.75) is 12.1 Å². The number of hydrogen-bond acceptors (Lipinski definition) is 6. The van der Waals surface area contributed by atoms with Gasteiger partial charge in [0.15, 0.2) is 0 Å². The van der Waals surface area contributed by atoms with Crippen LogP contribution in [0.15, 0.2) is 66.7 Å². The van der Waals surface area contributed by atoms with Gasteiger partial charge in [-0.25, -0.2) is 4.39 Å². The number of ether oxygens (including phenoxy) is 1. The van der Waals surface area contributed by atoms with Crippen LogP contribution in [0.5, 0.6) is 5.75 Å². The number of hydrogen-bond donors (Lipinski definition) is 2. The topological polar surface area (TPSA) is 80.0 Å². The van der Waals surface area contributed by atoms with Crippen molar-refractivity contribution in [3.8, 4) is 11.8 Å². The van der Waals surface area contributed by atoms with Gasteiger partial charge in [0, 0.05) is 25.7 Å². The van der Waals surface area contributed by atoms with Crippen LogP contribution in [0.3, 0.4) is 0 Å². The zero-order valence-corrected chi connectivity index (χ0v) is 19.9. The third-order valence-corrected chi connectivity index (χ3v) is 6.60. The maximum absolute atomic E-state index is 13.7. The van der Waals surface area contributed by atoms with Crippen molar-refractivity contribution in [3.63, 3.8) is 0 Å². The molecule has 0 radical (unpaired) electrons. The van der Waals surface area contributed by atoms with Crippen molar-refractivity contribution < 1.29 is 19.3 Å². The molecule has 2 atom stereocenters. The molecule has 1 aliphatic rings. The monoisotopic (exact) mass is 495 g/mol. The van der Waals surface area contributed by atoms with Crippen LogP contribution in [0.1, 0.15) is 28.8 Å². The molecule has 0 aromatic heterocycles. The van der Waals surface area contributed by atoms with Gasteiger partial charge in [0.1, 0.15) is 18.2 Å². The number of nitriles is 1. The van der Waals surface area contributed by atoms with E-state index in [0.717, 1.165) is 16.8 Å². The number of rotatable bonds is 8. The molecule has 2 N–H and O–H groups in total. The number of anilines is 1. The number of aliphatic hydroxyl groups excluding tert-OH is 2. The molecule has 0 unspecified atom stereocenters. The van der Waals surface area contributed by atoms with Crippen LogP contribution >= 0.6 is 11.6 Å². The Morgan fingerprint density at radius 2 is 1.80 bits per heavy atom. The molecule has 1 aliphatic heterocycles. The van der Waals surface area contributed by atoms with Crippen LogP contribution in [0, 0.1) is 17.1 Å². The van der Waals surface area contributed by atoms with Crippen molar-refractivity contribution in [2.24, 2.45) is 0 Å². The number of halogens is 2. The van der Waals surface area contributed by atoms with Crippen LogP contribution in [-0.2, 0) is 0 Å². The summed E-state index contributed by atoms with van der Waals surface area (Å²) in [6.45, 7) is 1.91. The van der Waals surface area contributed by atoms with E-state index in [-0.39, 0.29) is 37.7 Å². The van der Waals surface area contributed by atoms with Crippen molar-refractivity contribution in [3.05, 3.63) is 94.3 Å². The maximum atomic E-state index is 13.7. The minimum atomic E-state index is -0.304. The first-order chi connectivity index (χ1) is 17.0. The van der Waals surface area contributed by atoms with Crippen LogP contribution in [0.2, 0.25) is 5.02 Å². The van der Waals surface area contributed by atoms with Gasteiger partial charge in [-0.05, 0) is 47.5 Å². The average Bonchev–Trinajstić information content (AvgIpc) is 2.89. The summed E-state index contributed by atoms with van der Waals surface area (Å²) in [5, 5.41) is 28.9. The highest BCUT2D eigenvalue weighted by atomic mass is 35.5. The third kappa shape index (κ3) is 5.75. The Kier molecular flexibility index (Phi) is 8.21. The Hall–Kier alpha value is -3.15. The fourth-order valence-corrected chi connectivity index (χ4v) is 4.81. The Morgan fingerprint density at radius 3 is 2.43 bits per heavy atom. The van der Waals surface area contributed by atoms with Gasteiger partial charge in [0.05, 0.1) is 47.6 Å². The van der Waals surface area contributed by atoms with Gasteiger partial charge in [-0.1, -0.05) is 35.9 Å². The Balaban J connectivity index is 1.64. The van der Waals surface area contributed by atoms with Crippen molar-refractivity contribution >= 4 is 17.3 Å². The van der Waals surface area contributed by atoms with Crippen molar-refractivity contribution in [1.82, 2.24) is 4.90 Å². The second-order valence-corrected chi connectivity index (χ2v) is 8.78. The Bertz CT molecular complexity index is 1170. The molecular weight excluding hydrogens is 469 g/mol. The molecule has 4 rings (SSSR count). The van der Waals surface area contributed by atoms with Crippen LogP contribution in [-0.4, -0.2) is 54.6 Å². The highest BCUT2D eigenvalue weighted by Crippen LogP contribution is 2.38. The van der Waals surface area contributed by atoms with E-state index in [0.29, 0.717) is 36.0 Å². The molecule has 0 amide bonds. The molecule has 182 valence electrons. The minimum absolute atomic E-state index is 0.0698. The highest BCUT2D eigenvalue weighted by Gasteiger charge is 2.33. The molecule has 1 heterocycles. The lowest BCUT2D eigenvalue weighted by Crippen LogP contribution is -2.50. The molecule has 35 heavy (non-hydrogen) atoms. The summed E-state index contributed by atoms with van der Waals surface area (Å²) in [6.07, 6.45) is 0. The Labute approximate surface area is 209 Å². The van der Waals surface area contributed by atoms with Crippen LogP contribution in [0.25, 0.3) is 0 Å². The summed E-state index contributed by atoms with van der Waals surface area (Å²) in [5.74, 6) is 0.271. The third-order valence-electron chi connectivity index (χ3n) is 6.29. The number of nitrogens with zero attached hydrogens (tertiary/aromatic N) is 3. The number of piperazine rings is 1. The zero-order valence-electron chi connectivity index (χ0n) is 19.1. The van der Waals surface area contributed by atoms with Gasteiger partial charge in [0.2, 0.25) is 0 Å². The lowest BCUT2D eigenvalue weighted by molar-refractivity contribution is 0.103. The highest BCUT2D eigenvalue weighted by molar-refractivity contribution is 6.33. The molecule has 0 bridgehead atoms. The average molecular weight is 496 g/mol. The predicted molar refractivity (Wildman–Crippen MR) is 133 cm³/mol. The van der Waals surface area contributed by atoms with Gasteiger partial charge in [0.25, 0.3) is 0 Å². The first-order valence-electron chi connectivity index (χ1n) is 11.4. The van der Waals surface area contributed by atoms with Crippen molar-refractivity contribution in [1.29, 1.82) is 5.26 Å². The lowest BCUT2D eigenvalue weighted by atomic mass is 9.97. The summed E-state index contributed by atoms with van der Waals surface area (Å²) in [6, 6.07) is 20.9. The fourth-order valence-electron chi connectivity index (χ4n) is 4.53. The summed E-state index contributed by atoms with van der Waals surface area (Å²) < 4.78 is 19.2. The van der Waals surface area contributed by atoms with Crippen LogP contribution < -0.4 is 9.64 Å². The first kappa shape index (κ1) is 25.0. The molecule has 0 spiro atoms. The normalized spacial score (nSPS) is 17.1. The second-order valence-electron chi connectivity index (χ2n) is 8.37. The fraction of sp³-hybridized carbons (Fsp3) is 0.296. The molecule has 1 saturated heterocycles. The largest absolute Gasteiger partial charge is 0.491 e. The molecule has 1 fully saturated rings. The van der Waals surface area contributed by atoms with Gasteiger partial charge >= 0.3 is 0 Å². The van der Waals surface area contributed by atoms with E-state index in [2.05, 4.69) is 15.9 Å². The van der Waals surface area contributed by atoms with E-state index in [1.54, 1.807) is 30.3 Å². The summed E-state index contributed by atoms with van der Waals surface area (Å²) in [4.78, 5) is 4.40. The standard InChI is InChI=1S/C27H27ClFN3O3/c28-24-15-23(35-14-13-33)9-10-25(24)32-12-11-31(17-26(32)20-5-7-22(29)8-6-20)27(18-34)21-3-1-19(16-30)2-4-21/h1-10,15,26-27,33-34H,11-14,17-18H2/t26-,27+/m0/s1. The Morgan fingerprint density at radius 1 is 1.06 bits per heavy atom. The van der Waals surface area contributed by atoms with Gasteiger partial charge in [-0.3, -0.25) is 4.90 Å². The van der Waals surface area contributed by atoms with E-state index in [9.17, 15) is 9.50 Å². The van der Waals surface area contributed by atoms with E-state index in [4.69, 9.17) is 26.7 Å². The summed E-state index contributed by atoms with van der Waals surface area (Å²) in [7, 11) is 0. The number of benzene rings is 3. The molecule has 3 aromatic carbocycles. The molecule has 6 nitrogen and oxygen atoms in total. The van der Waals surface area contributed by atoms with Crippen molar-refractivity contribution in [2.75, 3.05) is 44.4 Å².